The largest absolute Gasteiger partial charge is 0.496 e. The van der Waals surface area contributed by atoms with Gasteiger partial charge in [-0.2, -0.15) is 5.26 Å². The molecule has 35 heavy (non-hydrogen) atoms. The average molecular weight is 500 g/mol. The number of carbonyl (C=O) groups is 3. The van der Waals surface area contributed by atoms with Gasteiger partial charge in [0.15, 0.2) is 0 Å². The summed E-state index contributed by atoms with van der Waals surface area (Å²) in [6, 6.07) is 5.50. The van der Waals surface area contributed by atoms with Crippen LogP contribution >= 0.6 is 11.6 Å². The van der Waals surface area contributed by atoms with Crippen LogP contribution in [0.4, 0.5) is 0 Å². The summed E-state index contributed by atoms with van der Waals surface area (Å²) in [4.78, 5) is 41.4. The number of hydrogen-bond acceptors (Lipinski definition) is 5. The molecule has 0 radical (unpaired) electrons. The molecule has 10 heteroatoms. The fourth-order valence-electron chi connectivity index (χ4n) is 4.70. The monoisotopic (exact) mass is 499 g/mol. The summed E-state index contributed by atoms with van der Waals surface area (Å²) in [5.41, 5.74) is 0.489. The Morgan fingerprint density at radius 1 is 1.29 bits per heavy atom. The number of nitriles is 1. The number of rotatable bonds is 9. The third kappa shape index (κ3) is 5.70. The lowest BCUT2D eigenvalue weighted by atomic mass is 9.92. The van der Waals surface area contributed by atoms with Crippen molar-refractivity contribution in [1.82, 2.24) is 20.9 Å². The van der Waals surface area contributed by atoms with Crippen molar-refractivity contribution in [3.63, 3.8) is 0 Å². The van der Waals surface area contributed by atoms with Crippen LogP contribution < -0.4 is 20.7 Å². The fourth-order valence-corrected chi connectivity index (χ4v) is 4.91. The molecule has 186 valence electrons. The molecule has 1 aromatic carbocycles. The highest BCUT2D eigenvalue weighted by molar-refractivity contribution is 6.35. The summed E-state index contributed by atoms with van der Waals surface area (Å²) >= 11 is 6.27. The Morgan fingerprint density at radius 3 is 2.63 bits per heavy atom. The molecule has 1 aliphatic carbocycles. The second-order valence-electron chi connectivity index (χ2n) is 10.1. The van der Waals surface area contributed by atoms with E-state index in [9.17, 15) is 19.6 Å². The van der Waals surface area contributed by atoms with Gasteiger partial charge in [-0.3, -0.25) is 14.4 Å². The van der Waals surface area contributed by atoms with Gasteiger partial charge in [-0.05, 0) is 57.2 Å². The highest BCUT2D eigenvalue weighted by atomic mass is 35.5. The van der Waals surface area contributed by atoms with E-state index in [-0.39, 0.29) is 29.5 Å². The number of amides is 3. The van der Waals surface area contributed by atoms with Crippen LogP contribution in [0.5, 0.6) is 5.75 Å². The number of methoxy groups -OCH3 is 1. The maximum Gasteiger partial charge on any atom is 0.268 e. The Labute approximate surface area is 208 Å². The molecule has 1 aliphatic heterocycles. The van der Waals surface area contributed by atoms with Gasteiger partial charge in [0.2, 0.25) is 11.8 Å². The van der Waals surface area contributed by atoms with Crippen molar-refractivity contribution in [1.29, 1.82) is 5.26 Å². The first-order valence-corrected chi connectivity index (χ1v) is 12.2. The van der Waals surface area contributed by atoms with Crippen molar-refractivity contribution in [2.24, 2.45) is 11.8 Å². The molecular formula is C25H30ClN5O4. The average Bonchev–Trinajstić information content (AvgIpc) is 3.43. The first-order valence-electron chi connectivity index (χ1n) is 11.8. The number of aromatic nitrogens is 1. The zero-order valence-corrected chi connectivity index (χ0v) is 20.8. The normalized spacial score (nSPS) is 20.5. The number of H-pyrrole nitrogens is 1. The summed E-state index contributed by atoms with van der Waals surface area (Å²) < 4.78 is 5.35. The van der Waals surface area contributed by atoms with Crippen molar-refractivity contribution >= 4 is 40.2 Å². The van der Waals surface area contributed by atoms with E-state index in [4.69, 9.17) is 16.3 Å². The second-order valence-corrected chi connectivity index (χ2v) is 10.5. The third-order valence-electron chi connectivity index (χ3n) is 6.64. The fraction of sp³-hybridized carbons (Fsp3) is 0.520. The van der Waals surface area contributed by atoms with Crippen LogP contribution in [0.25, 0.3) is 10.9 Å². The van der Waals surface area contributed by atoms with E-state index >= 15 is 0 Å². The summed E-state index contributed by atoms with van der Waals surface area (Å²) in [5, 5.41) is 19.2. The molecule has 1 aromatic heterocycles. The topological polar surface area (TPSA) is 136 Å². The first kappa shape index (κ1) is 24.9. The molecule has 3 amide bonds. The predicted octanol–water partition coefficient (Wildman–Crippen LogP) is 3.04. The lowest BCUT2D eigenvalue weighted by Gasteiger charge is -2.21. The minimum atomic E-state index is -0.832. The van der Waals surface area contributed by atoms with Gasteiger partial charge in [0.05, 0.1) is 23.7 Å². The van der Waals surface area contributed by atoms with Crippen molar-refractivity contribution in [3.8, 4) is 11.8 Å². The number of hydrogen-bond donors (Lipinski definition) is 4. The molecule has 3 atom stereocenters. The van der Waals surface area contributed by atoms with E-state index in [1.54, 1.807) is 18.2 Å². The Morgan fingerprint density at radius 2 is 2.03 bits per heavy atom. The Bertz CT molecular complexity index is 1200. The van der Waals surface area contributed by atoms with Crippen LogP contribution in [-0.4, -0.2) is 47.4 Å². The highest BCUT2D eigenvalue weighted by Crippen LogP contribution is 2.34. The van der Waals surface area contributed by atoms with Crippen LogP contribution in [0.2, 0.25) is 5.02 Å². The molecule has 4 rings (SSSR count). The van der Waals surface area contributed by atoms with E-state index in [2.05, 4.69) is 27.0 Å². The predicted molar refractivity (Wildman–Crippen MR) is 131 cm³/mol. The number of benzene rings is 1. The van der Waals surface area contributed by atoms with E-state index in [0.29, 0.717) is 40.4 Å². The molecule has 1 saturated carbocycles. The van der Waals surface area contributed by atoms with Gasteiger partial charge in [0.25, 0.3) is 5.91 Å². The molecule has 2 fully saturated rings. The lowest BCUT2D eigenvalue weighted by Crippen LogP contribution is -2.50. The van der Waals surface area contributed by atoms with Gasteiger partial charge in [-0.25, -0.2) is 0 Å². The summed E-state index contributed by atoms with van der Waals surface area (Å²) in [5.74, 6) is -0.419. The summed E-state index contributed by atoms with van der Waals surface area (Å²) in [6.45, 7) is 3.86. The number of nitrogens with one attached hydrogen (secondary N) is 4. The quantitative estimate of drug-likeness (QED) is 0.420. The van der Waals surface area contributed by atoms with E-state index in [0.717, 1.165) is 12.8 Å². The van der Waals surface area contributed by atoms with Crippen molar-refractivity contribution in [2.45, 2.75) is 63.6 Å². The summed E-state index contributed by atoms with van der Waals surface area (Å²) in [7, 11) is 1.53. The lowest BCUT2D eigenvalue weighted by molar-refractivity contribution is -0.125. The molecule has 3 unspecified atom stereocenters. The molecule has 4 N–H and O–H groups in total. The smallest absolute Gasteiger partial charge is 0.268 e. The maximum atomic E-state index is 13.1. The first-order chi connectivity index (χ1) is 16.6. The minimum absolute atomic E-state index is 0.111. The van der Waals surface area contributed by atoms with Gasteiger partial charge in [0.1, 0.15) is 23.5 Å². The van der Waals surface area contributed by atoms with Gasteiger partial charge in [-0.15, -0.1) is 0 Å². The van der Waals surface area contributed by atoms with Crippen molar-refractivity contribution in [2.75, 3.05) is 7.11 Å². The van der Waals surface area contributed by atoms with Gasteiger partial charge in [0, 0.05) is 16.8 Å². The number of halogens is 1. The standard InChI is InChI=1S/C25H30ClN5O4/c1-25(2)11-14(22(32)31-25)9-15(12-27)28-23(33)18(8-13-4-5-13)30-24(34)19-10-16-20(35-3)7-6-17(26)21(16)29-19/h6-7,10,13-15,18,29H,4-5,8-9,11H2,1-3H3,(H,28,33)(H,30,34)(H,31,32). The number of fused-ring (bicyclic) bond motifs is 1. The highest BCUT2D eigenvalue weighted by Gasteiger charge is 2.39. The van der Waals surface area contributed by atoms with E-state index in [1.807, 2.05) is 13.8 Å². The number of ether oxygens (including phenoxy) is 1. The van der Waals surface area contributed by atoms with Crippen LogP contribution in [0.15, 0.2) is 18.2 Å². The van der Waals surface area contributed by atoms with Crippen LogP contribution in [0.3, 0.4) is 0 Å². The van der Waals surface area contributed by atoms with Gasteiger partial charge >= 0.3 is 0 Å². The number of nitrogens with zero attached hydrogens (tertiary/aromatic N) is 1. The molecule has 2 aliphatic rings. The minimum Gasteiger partial charge on any atom is -0.496 e. The Kier molecular flexibility index (Phi) is 6.95. The van der Waals surface area contributed by atoms with Crippen molar-refractivity contribution < 1.29 is 19.1 Å². The molecule has 2 aromatic rings. The number of carbonyl (C=O) groups excluding carboxylic acids is 3. The molecule has 2 heterocycles. The van der Waals surface area contributed by atoms with Crippen molar-refractivity contribution in [3.05, 3.63) is 28.9 Å². The SMILES string of the molecule is COc1ccc(Cl)c2[nH]c(C(=O)NC(CC3CC3)C(=O)NC(C#N)CC3CC(C)(C)NC3=O)cc12. The molecule has 9 nitrogen and oxygen atoms in total. The Hall–Kier alpha value is -3.25. The molecular weight excluding hydrogens is 470 g/mol. The molecule has 0 bridgehead atoms. The summed E-state index contributed by atoms with van der Waals surface area (Å²) in [6.07, 6.45) is 3.29. The van der Waals surface area contributed by atoms with Crippen LogP contribution in [-0.2, 0) is 9.59 Å². The van der Waals surface area contributed by atoms with Gasteiger partial charge in [-0.1, -0.05) is 24.4 Å². The van der Waals surface area contributed by atoms with Gasteiger partial charge < -0.3 is 25.7 Å². The zero-order chi connectivity index (χ0) is 25.3. The second kappa shape index (κ2) is 9.78. The molecule has 0 spiro atoms. The van der Waals surface area contributed by atoms with Crippen LogP contribution in [0.1, 0.15) is 56.4 Å². The third-order valence-corrected chi connectivity index (χ3v) is 6.95. The molecule has 1 saturated heterocycles. The van der Waals surface area contributed by atoms with E-state index < -0.39 is 23.9 Å². The zero-order valence-electron chi connectivity index (χ0n) is 20.0. The Balaban J connectivity index is 1.46. The van der Waals surface area contributed by atoms with Crippen LogP contribution in [0, 0.1) is 23.2 Å². The number of aromatic amines is 1. The maximum absolute atomic E-state index is 13.1. The van der Waals surface area contributed by atoms with E-state index in [1.165, 1.54) is 7.11 Å².